The van der Waals surface area contributed by atoms with Crippen LogP contribution in [-0.2, 0) is 9.59 Å². The molecule has 2 amide bonds. The van der Waals surface area contributed by atoms with Gasteiger partial charge in [0.1, 0.15) is 23.3 Å². The van der Waals surface area contributed by atoms with Crippen molar-refractivity contribution in [2.45, 2.75) is 26.3 Å². The number of rotatable bonds is 6. The Balaban J connectivity index is 1.54. The van der Waals surface area contributed by atoms with Crippen molar-refractivity contribution in [3.8, 4) is 17.2 Å². The van der Waals surface area contributed by atoms with E-state index in [2.05, 4.69) is 5.32 Å². The molecule has 6 nitrogen and oxygen atoms in total. The molecule has 0 aliphatic carbocycles. The van der Waals surface area contributed by atoms with Crippen LogP contribution in [0.15, 0.2) is 48.5 Å². The minimum absolute atomic E-state index is 0.0953. The summed E-state index contributed by atoms with van der Waals surface area (Å²) in [7, 11) is 0. The lowest BCUT2D eigenvalue weighted by molar-refractivity contribution is -0.144. The number of aryl methyl sites for hydroxylation is 1. The first-order valence-corrected chi connectivity index (χ1v) is 9.11. The van der Waals surface area contributed by atoms with Crippen LogP contribution in [0, 0.1) is 6.92 Å². The van der Waals surface area contributed by atoms with Crippen molar-refractivity contribution < 1.29 is 19.1 Å². The minimum atomic E-state index is -0.417. The number of hydrogen-bond acceptors (Lipinski definition) is 4. The first-order chi connectivity index (χ1) is 13.1. The van der Waals surface area contributed by atoms with Crippen molar-refractivity contribution in [3.63, 3.8) is 0 Å². The Kier molecular flexibility index (Phi) is 5.96. The Bertz CT molecular complexity index is 787. The van der Waals surface area contributed by atoms with Crippen molar-refractivity contribution >= 4 is 11.8 Å². The second-order valence-electron chi connectivity index (χ2n) is 6.48. The molecular weight excluding hydrogens is 344 g/mol. The van der Waals surface area contributed by atoms with Crippen LogP contribution in [0.2, 0.25) is 0 Å². The third-order valence-corrected chi connectivity index (χ3v) is 4.48. The lowest BCUT2D eigenvalue weighted by atomic mass is 10.1. The SMILES string of the molecule is CCC1C(=O)NCCN1C(=O)COc1ccc(Oc2ccc(C)cc2)cc1. The third-order valence-electron chi connectivity index (χ3n) is 4.48. The second kappa shape index (κ2) is 8.58. The summed E-state index contributed by atoms with van der Waals surface area (Å²) in [6.45, 7) is 4.81. The average Bonchev–Trinajstić information content (AvgIpc) is 2.68. The molecule has 0 bridgehead atoms. The highest BCUT2D eigenvalue weighted by atomic mass is 16.5. The molecule has 1 saturated heterocycles. The summed E-state index contributed by atoms with van der Waals surface area (Å²) < 4.78 is 11.4. The van der Waals surface area contributed by atoms with Gasteiger partial charge in [-0.15, -0.1) is 0 Å². The Labute approximate surface area is 159 Å². The predicted octanol–water partition coefficient (Wildman–Crippen LogP) is 2.90. The molecule has 1 aliphatic rings. The molecule has 0 radical (unpaired) electrons. The lowest BCUT2D eigenvalue weighted by Crippen LogP contribution is -2.57. The first kappa shape index (κ1) is 18.8. The number of nitrogens with one attached hydrogen (secondary N) is 1. The lowest BCUT2D eigenvalue weighted by Gasteiger charge is -2.34. The number of benzene rings is 2. The van der Waals surface area contributed by atoms with Crippen LogP contribution in [0.25, 0.3) is 0 Å². The zero-order valence-electron chi connectivity index (χ0n) is 15.6. The van der Waals surface area contributed by atoms with Crippen LogP contribution in [-0.4, -0.2) is 42.5 Å². The number of carbonyl (C=O) groups excluding carboxylic acids is 2. The maximum absolute atomic E-state index is 12.4. The smallest absolute Gasteiger partial charge is 0.261 e. The van der Waals surface area contributed by atoms with Crippen LogP contribution < -0.4 is 14.8 Å². The molecule has 0 spiro atoms. The van der Waals surface area contributed by atoms with Gasteiger partial charge in [-0.25, -0.2) is 0 Å². The molecule has 2 aromatic carbocycles. The van der Waals surface area contributed by atoms with Gasteiger partial charge in [0.15, 0.2) is 6.61 Å². The molecule has 27 heavy (non-hydrogen) atoms. The van der Waals surface area contributed by atoms with Crippen LogP contribution in [0.4, 0.5) is 0 Å². The highest BCUT2D eigenvalue weighted by Gasteiger charge is 2.31. The van der Waals surface area contributed by atoms with Gasteiger partial charge in [-0.1, -0.05) is 24.6 Å². The molecule has 1 unspecified atom stereocenters. The number of carbonyl (C=O) groups is 2. The van der Waals surface area contributed by atoms with E-state index in [9.17, 15) is 9.59 Å². The highest BCUT2D eigenvalue weighted by Crippen LogP contribution is 2.24. The number of amides is 2. The van der Waals surface area contributed by atoms with E-state index in [4.69, 9.17) is 9.47 Å². The van der Waals surface area contributed by atoms with Crippen LogP contribution in [0.3, 0.4) is 0 Å². The van der Waals surface area contributed by atoms with Gasteiger partial charge in [-0.3, -0.25) is 9.59 Å². The molecule has 1 heterocycles. The molecule has 6 heteroatoms. The maximum Gasteiger partial charge on any atom is 0.261 e. The van der Waals surface area contributed by atoms with E-state index in [1.165, 1.54) is 5.56 Å². The van der Waals surface area contributed by atoms with Gasteiger partial charge in [-0.05, 0) is 49.7 Å². The minimum Gasteiger partial charge on any atom is -0.484 e. The molecule has 1 N–H and O–H groups in total. The van der Waals surface area contributed by atoms with E-state index in [1.54, 1.807) is 29.2 Å². The van der Waals surface area contributed by atoms with E-state index < -0.39 is 6.04 Å². The second-order valence-corrected chi connectivity index (χ2v) is 6.48. The van der Waals surface area contributed by atoms with E-state index in [0.717, 1.165) is 5.75 Å². The van der Waals surface area contributed by atoms with Gasteiger partial charge in [0.05, 0.1) is 0 Å². The Morgan fingerprint density at radius 2 is 1.67 bits per heavy atom. The van der Waals surface area contributed by atoms with Crippen molar-refractivity contribution in [1.82, 2.24) is 10.2 Å². The standard InChI is InChI=1S/C21H24N2O4/c1-3-19-21(25)22-12-13-23(19)20(24)14-26-16-8-10-18(11-9-16)27-17-6-4-15(2)5-7-17/h4-11,19H,3,12-14H2,1-2H3,(H,22,25). The van der Waals surface area contributed by atoms with Crippen molar-refractivity contribution in [2.75, 3.05) is 19.7 Å². The fraction of sp³-hybridized carbons (Fsp3) is 0.333. The normalized spacial score (nSPS) is 16.6. The van der Waals surface area contributed by atoms with Crippen LogP contribution in [0.5, 0.6) is 17.2 Å². The quantitative estimate of drug-likeness (QED) is 0.851. The first-order valence-electron chi connectivity index (χ1n) is 9.11. The maximum atomic E-state index is 12.4. The summed E-state index contributed by atoms with van der Waals surface area (Å²) in [6.07, 6.45) is 0.586. The van der Waals surface area contributed by atoms with Gasteiger partial charge in [0.25, 0.3) is 5.91 Å². The van der Waals surface area contributed by atoms with E-state index in [0.29, 0.717) is 31.0 Å². The topological polar surface area (TPSA) is 67.9 Å². The summed E-state index contributed by atoms with van der Waals surface area (Å²) in [6, 6.07) is 14.5. The number of ether oxygens (including phenoxy) is 2. The molecule has 0 aromatic heterocycles. The predicted molar refractivity (Wildman–Crippen MR) is 102 cm³/mol. The number of hydrogen-bond donors (Lipinski definition) is 1. The fourth-order valence-corrected chi connectivity index (χ4v) is 2.99. The summed E-state index contributed by atoms with van der Waals surface area (Å²) in [5.41, 5.74) is 1.17. The van der Waals surface area contributed by atoms with Gasteiger partial charge in [0, 0.05) is 13.1 Å². The van der Waals surface area contributed by atoms with Crippen LogP contribution >= 0.6 is 0 Å². The van der Waals surface area contributed by atoms with Gasteiger partial charge < -0.3 is 19.7 Å². The fourth-order valence-electron chi connectivity index (χ4n) is 2.99. The average molecular weight is 368 g/mol. The van der Waals surface area contributed by atoms with Gasteiger partial charge in [0.2, 0.25) is 5.91 Å². The molecular formula is C21H24N2O4. The Morgan fingerprint density at radius 1 is 1.07 bits per heavy atom. The molecule has 1 atom stereocenters. The van der Waals surface area contributed by atoms with E-state index >= 15 is 0 Å². The number of nitrogens with zero attached hydrogens (tertiary/aromatic N) is 1. The molecule has 3 rings (SSSR count). The monoisotopic (exact) mass is 368 g/mol. The summed E-state index contributed by atoms with van der Waals surface area (Å²) in [5.74, 6) is 1.75. The van der Waals surface area contributed by atoms with E-state index in [-0.39, 0.29) is 18.4 Å². The van der Waals surface area contributed by atoms with Crippen molar-refractivity contribution in [2.24, 2.45) is 0 Å². The largest absolute Gasteiger partial charge is 0.484 e. The van der Waals surface area contributed by atoms with Gasteiger partial charge in [-0.2, -0.15) is 0 Å². The number of piperazine rings is 1. The van der Waals surface area contributed by atoms with Crippen LogP contribution in [0.1, 0.15) is 18.9 Å². The summed E-state index contributed by atoms with van der Waals surface area (Å²) in [4.78, 5) is 25.9. The Morgan fingerprint density at radius 3 is 2.30 bits per heavy atom. The third kappa shape index (κ3) is 4.78. The van der Waals surface area contributed by atoms with E-state index in [1.807, 2.05) is 38.1 Å². The highest BCUT2D eigenvalue weighted by molar-refractivity contribution is 5.89. The zero-order chi connectivity index (χ0) is 19.2. The molecule has 2 aromatic rings. The molecule has 1 aliphatic heterocycles. The molecule has 142 valence electrons. The zero-order valence-corrected chi connectivity index (χ0v) is 15.6. The molecule has 1 fully saturated rings. The Hall–Kier alpha value is -3.02. The van der Waals surface area contributed by atoms with Gasteiger partial charge >= 0.3 is 0 Å². The van der Waals surface area contributed by atoms with Crippen molar-refractivity contribution in [1.29, 1.82) is 0 Å². The summed E-state index contributed by atoms with van der Waals surface area (Å²) in [5, 5.41) is 2.78. The summed E-state index contributed by atoms with van der Waals surface area (Å²) >= 11 is 0. The molecule has 0 saturated carbocycles. The van der Waals surface area contributed by atoms with Crippen molar-refractivity contribution in [3.05, 3.63) is 54.1 Å².